The largest absolute Gasteiger partial charge is 0.370 e. The summed E-state index contributed by atoms with van der Waals surface area (Å²) in [5, 5.41) is 6.28. The molecule has 0 radical (unpaired) electrons. The molecule has 0 spiro atoms. The standard InChI is InChI=1S/C21H31N5O/c1-15-23-18(14-19(24-15)22-12-9-13-26(5)6)20(27)25-17-11-8-7-10-16(17)21(2,3)4/h7-8,10-11,14H,9,12-13H2,1-6H3,(H,25,27)(H,22,23,24). The Morgan fingerprint density at radius 2 is 1.85 bits per heavy atom. The fourth-order valence-electron chi connectivity index (χ4n) is 2.82. The van der Waals surface area contributed by atoms with Gasteiger partial charge in [0, 0.05) is 18.3 Å². The number of rotatable bonds is 7. The van der Waals surface area contributed by atoms with E-state index in [4.69, 9.17) is 0 Å². The SMILES string of the molecule is Cc1nc(NCCCN(C)C)cc(C(=O)Nc2ccccc2C(C)(C)C)n1. The molecule has 1 heterocycles. The van der Waals surface area contributed by atoms with Crippen LogP contribution in [-0.2, 0) is 5.41 Å². The van der Waals surface area contributed by atoms with Crippen LogP contribution in [0.2, 0.25) is 0 Å². The van der Waals surface area contributed by atoms with Crippen molar-refractivity contribution in [1.29, 1.82) is 0 Å². The zero-order chi connectivity index (χ0) is 20.0. The average molecular weight is 370 g/mol. The third-order valence-electron chi connectivity index (χ3n) is 4.14. The molecular weight excluding hydrogens is 338 g/mol. The van der Waals surface area contributed by atoms with Crippen LogP contribution in [0.5, 0.6) is 0 Å². The second kappa shape index (κ2) is 8.95. The van der Waals surface area contributed by atoms with Crippen molar-refractivity contribution in [3.63, 3.8) is 0 Å². The number of anilines is 2. The van der Waals surface area contributed by atoms with Gasteiger partial charge >= 0.3 is 0 Å². The van der Waals surface area contributed by atoms with E-state index in [2.05, 4.69) is 46.3 Å². The van der Waals surface area contributed by atoms with Crippen LogP contribution in [0.3, 0.4) is 0 Å². The number of nitrogens with one attached hydrogen (secondary N) is 2. The number of para-hydroxylation sites is 1. The van der Waals surface area contributed by atoms with Gasteiger partial charge in [-0.25, -0.2) is 9.97 Å². The lowest BCUT2D eigenvalue weighted by Crippen LogP contribution is -2.20. The Morgan fingerprint density at radius 3 is 2.52 bits per heavy atom. The fourth-order valence-corrected chi connectivity index (χ4v) is 2.82. The predicted octanol–water partition coefficient (Wildman–Crippen LogP) is 3.70. The van der Waals surface area contributed by atoms with Gasteiger partial charge in [0.1, 0.15) is 17.3 Å². The Hall–Kier alpha value is -2.47. The molecule has 2 aromatic rings. The van der Waals surface area contributed by atoms with Crippen LogP contribution in [0.15, 0.2) is 30.3 Å². The highest BCUT2D eigenvalue weighted by Crippen LogP contribution is 2.29. The summed E-state index contributed by atoms with van der Waals surface area (Å²) in [4.78, 5) is 23.6. The number of hydrogen-bond donors (Lipinski definition) is 2. The maximum atomic E-state index is 12.8. The molecule has 1 amide bonds. The van der Waals surface area contributed by atoms with E-state index in [1.54, 1.807) is 13.0 Å². The summed E-state index contributed by atoms with van der Waals surface area (Å²) in [5.41, 5.74) is 2.20. The maximum Gasteiger partial charge on any atom is 0.274 e. The molecule has 2 N–H and O–H groups in total. The first-order valence-corrected chi connectivity index (χ1v) is 9.32. The maximum absolute atomic E-state index is 12.8. The number of hydrogen-bond acceptors (Lipinski definition) is 5. The number of amides is 1. The lowest BCUT2D eigenvalue weighted by atomic mass is 9.86. The van der Waals surface area contributed by atoms with Crippen molar-refractivity contribution < 1.29 is 4.79 Å². The number of nitrogens with zero attached hydrogens (tertiary/aromatic N) is 3. The van der Waals surface area contributed by atoms with Crippen molar-refractivity contribution in [2.75, 3.05) is 37.8 Å². The molecule has 0 aliphatic heterocycles. The summed E-state index contributed by atoms with van der Waals surface area (Å²) in [6.45, 7) is 9.97. The van der Waals surface area contributed by atoms with Crippen molar-refractivity contribution in [3.05, 3.63) is 47.4 Å². The Balaban J connectivity index is 2.13. The van der Waals surface area contributed by atoms with Crippen molar-refractivity contribution in [3.8, 4) is 0 Å². The van der Waals surface area contributed by atoms with E-state index in [0.717, 1.165) is 30.8 Å². The van der Waals surface area contributed by atoms with Crippen LogP contribution in [0.4, 0.5) is 11.5 Å². The molecule has 0 bridgehead atoms. The Morgan fingerprint density at radius 1 is 1.15 bits per heavy atom. The highest BCUT2D eigenvalue weighted by atomic mass is 16.1. The van der Waals surface area contributed by atoms with Crippen LogP contribution < -0.4 is 10.6 Å². The van der Waals surface area contributed by atoms with Crippen molar-refractivity contribution in [2.24, 2.45) is 0 Å². The molecule has 0 saturated heterocycles. The van der Waals surface area contributed by atoms with Crippen LogP contribution in [0, 0.1) is 6.92 Å². The molecule has 0 unspecified atom stereocenters. The summed E-state index contributed by atoms with van der Waals surface area (Å²) in [7, 11) is 4.10. The minimum Gasteiger partial charge on any atom is -0.370 e. The third-order valence-corrected chi connectivity index (χ3v) is 4.14. The first kappa shape index (κ1) is 20.8. The molecule has 0 aliphatic rings. The van der Waals surface area contributed by atoms with E-state index in [1.807, 2.05) is 38.4 Å². The van der Waals surface area contributed by atoms with Gasteiger partial charge in [-0.2, -0.15) is 0 Å². The topological polar surface area (TPSA) is 70.2 Å². The van der Waals surface area contributed by atoms with Gasteiger partial charge in [0.25, 0.3) is 5.91 Å². The summed E-state index contributed by atoms with van der Waals surface area (Å²) in [5.74, 6) is 1.02. The van der Waals surface area contributed by atoms with Gasteiger partial charge in [0.05, 0.1) is 0 Å². The summed E-state index contributed by atoms with van der Waals surface area (Å²) in [6, 6.07) is 9.58. The molecule has 6 heteroatoms. The van der Waals surface area contributed by atoms with Crippen molar-refractivity contribution in [1.82, 2.24) is 14.9 Å². The van der Waals surface area contributed by atoms with Crippen LogP contribution in [0.1, 0.15) is 49.1 Å². The van der Waals surface area contributed by atoms with Gasteiger partial charge < -0.3 is 15.5 Å². The normalized spacial score (nSPS) is 11.5. The second-order valence-corrected chi connectivity index (χ2v) is 8.02. The molecule has 6 nitrogen and oxygen atoms in total. The molecule has 146 valence electrons. The first-order valence-electron chi connectivity index (χ1n) is 9.32. The monoisotopic (exact) mass is 369 g/mol. The van der Waals surface area contributed by atoms with Gasteiger partial charge in [-0.1, -0.05) is 39.0 Å². The molecule has 1 aromatic heterocycles. The zero-order valence-electron chi connectivity index (χ0n) is 17.3. The van der Waals surface area contributed by atoms with Crippen LogP contribution in [0.25, 0.3) is 0 Å². The number of aryl methyl sites for hydroxylation is 1. The minimum atomic E-state index is -0.228. The highest BCUT2D eigenvalue weighted by molar-refractivity contribution is 6.03. The number of benzene rings is 1. The summed E-state index contributed by atoms with van der Waals surface area (Å²) >= 11 is 0. The van der Waals surface area contributed by atoms with Crippen molar-refractivity contribution >= 4 is 17.4 Å². The third kappa shape index (κ3) is 6.32. The van der Waals surface area contributed by atoms with Gasteiger partial charge in [-0.3, -0.25) is 4.79 Å². The van der Waals surface area contributed by atoms with Crippen molar-refractivity contribution in [2.45, 2.75) is 39.5 Å². The minimum absolute atomic E-state index is 0.0649. The second-order valence-electron chi connectivity index (χ2n) is 8.02. The van der Waals surface area contributed by atoms with Gasteiger partial charge in [-0.15, -0.1) is 0 Å². The van der Waals surface area contributed by atoms with E-state index >= 15 is 0 Å². The molecule has 27 heavy (non-hydrogen) atoms. The fraction of sp³-hybridized carbons (Fsp3) is 0.476. The number of carbonyl (C=O) groups excluding carboxylic acids is 1. The first-order chi connectivity index (χ1) is 12.7. The Bertz CT molecular complexity index is 780. The molecule has 0 aliphatic carbocycles. The van der Waals surface area contributed by atoms with E-state index < -0.39 is 0 Å². The van der Waals surface area contributed by atoms with E-state index in [9.17, 15) is 4.79 Å². The molecule has 0 atom stereocenters. The molecule has 0 fully saturated rings. The van der Waals surface area contributed by atoms with Crippen LogP contribution >= 0.6 is 0 Å². The van der Waals surface area contributed by atoms with Gasteiger partial charge in [-0.05, 0) is 51.0 Å². The lowest BCUT2D eigenvalue weighted by Gasteiger charge is -2.23. The Labute approximate surface area is 162 Å². The molecule has 0 saturated carbocycles. The van der Waals surface area contributed by atoms with E-state index in [0.29, 0.717) is 17.3 Å². The summed E-state index contributed by atoms with van der Waals surface area (Å²) < 4.78 is 0. The Kier molecular flexibility index (Phi) is 6.91. The van der Waals surface area contributed by atoms with Gasteiger partial charge in [0.2, 0.25) is 0 Å². The average Bonchev–Trinajstić information content (AvgIpc) is 2.57. The number of aromatic nitrogens is 2. The molecule has 2 rings (SSSR count). The molecule has 1 aromatic carbocycles. The predicted molar refractivity (Wildman–Crippen MR) is 112 cm³/mol. The zero-order valence-corrected chi connectivity index (χ0v) is 17.3. The smallest absolute Gasteiger partial charge is 0.274 e. The van der Waals surface area contributed by atoms with E-state index in [1.165, 1.54) is 0 Å². The molecular formula is C21H31N5O. The van der Waals surface area contributed by atoms with Gasteiger partial charge in [0.15, 0.2) is 0 Å². The lowest BCUT2D eigenvalue weighted by molar-refractivity contribution is 0.102. The van der Waals surface area contributed by atoms with E-state index in [-0.39, 0.29) is 11.3 Å². The number of carbonyl (C=O) groups is 1. The summed E-state index contributed by atoms with van der Waals surface area (Å²) in [6.07, 6.45) is 0.997. The highest BCUT2D eigenvalue weighted by Gasteiger charge is 2.19. The van der Waals surface area contributed by atoms with Crippen LogP contribution in [-0.4, -0.2) is 48.0 Å². The quantitative estimate of drug-likeness (QED) is 0.728.